The summed E-state index contributed by atoms with van der Waals surface area (Å²) in [6.07, 6.45) is 2.07. The number of sulfonamides is 1. The van der Waals surface area contributed by atoms with Crippen molar-refractivity contribution in [3.05, 3.63) is 100 Å². The number of aryl methyl sites for hydroxylation is 2. The molecule has 0 bridgehead atoms. The van der Waals surface area contributed by atoms with Gasteiger partial charge in [0.05, 0.1) is 11.9 Å². The lowest BCUT2D eigenvalue weighted by atomic mass is 10.0. The smallest absolute Gasteiger partial charge is 0.244 e. The molecule has 9 heteroatoms. The van der Waals surface area contributed by atoms with Gasteiger partial charge in [-0.3, -0.25) is 13.9 Å². The van der Waals surface area contributed by atoms with Gasteiger partial charge in [0.1, 0.15) is 12.6 Å². The third kappa shape index (κ3) is 8.57. The predicted molar refractivity (Wildman–Crippen MR) is 162 cm³/mol. The third-order valence-electron chi connectivity index (χ3n) is 7.00. The van der Waals surface area contributed by atoms with E-state index in [0.717, 1.165) is 39.2 Å². The van der Waals surface area contributed by atoms with Gasteiger partial charge in [-0.2, -0.15) is 0 Å². The minimum Gasteiger partial charge on any atom is -0.352 e. The summed E-state index contributed by atoms with van der Waals surface area (Å²) in [7, 11) is -3.81. The fourth-order valence-electron chi connectivity index (χ4n) is 4.28. The normalized spacial score (nSPS) is 12.8. The highest BCUT2D eigenvalue weighted by Crippen LogP contribution is 2.23. The van der Waals surface area contributed by atoms with Gasteiger partial charge in [0, 0.05) is 24.0 Å². The van der Waals surface area contributed by atoms with Crippen LogP contribution in [0, 0.1) is 13.8 Å². The lowest BCUT2D eigenvalue weighted by molar-refractivity contribution is -0.140. The number of halogens is 1. The maximum Gasteiger partial charge on any atom is 0.244 e. The zero-order valence-corrected chi connectivity index (χ0v) is 25.3. The summed E-state index contributed by atoms with van der Waals surface area (Å²) in [5.41, 5.74) is 3.97. The van der Waals surface area contributed by atoms with Gasteiger partial charge in [0.2, 0.25) is 21.8 Å². The predicted octanol–water partition coefficient (Wildman–Crippen LogP) is 5.28. The molecule has 3 aromatic rings. The van der Waals surface area contributed by atoms with Crippen molar-refractivity contribution >= 4 is 39.1 Å². The van der Waals surface area contributed by atoms with E-state index in [0.29, 0.717) is 10.7 Å². The summed E-state index contributed by atoms with van der Waals surface area (Å²) in [6.45, 7) is 7.37. The lowest BCUT2D eigenvalue weighted by Crippen LogP contribution is -2.54. The number of nitrogens with zero attached hydrogens (tertiary/aromatic N) is 2. The van der Waals surface area contributed by atoms with Gasteiger partial charge in [-0.1, -0.05) is 67.1 Å². The first-order chi connectivity index (χ1) is 18.9. The number of rotatable bonds is 12. The first kappa shape index (κ1) is 31.2. The number of hydrogen-bond donors (Lipinski definition) is 1. The highest BCUT2D eigenvalue weighted by Gasteiger charge is 2.33. The van der Waals surface area contributed by atoms with Crippen LogP contribution in [0.25, 0.3) is 0 Å². The second-order valence-corrected chi connectivity index (χ2v) is 12.6. The molecule has 0 aliphatic heterocycles. The second-order valence-electron chi connectivity index (χ2n) is 10.2. The Morgan fingerprint density at radius 2 is 1.57 bits per heavy atom. The Labute approximate surface area is 243 Å². The van der Waals surface area contributed by atoms with Gasteiger partial charge in [-0.15, -0.1) is 0 Å². The molecule has 0 heterocycles. The topological polar surface area (TPSA) is 86.8 Å². The highest BCUT2D eigenvalue weighted by atomic mass is 35.5. The Hall–Kier alpha value is -3.36. The molecular formula is C31H38ClN3O4S. The summed E-state index contributed by atoms with van der Waals surface area (Å²) >= 11 is 6.10. The van der Waals surface area contributed by atoms with E-state index >= 15 is 0 Å². The number of carbonyl (C=O) groups excluding carboxylic acids is 2. The van der Waals surface area contributed by atoms with E-state index in [1.807, 2.05) is 64.1 Å². The van der Waals surface area contributed by atoms with Crippen molar-refractivity contribution in [1.29, 1.82) is 0 Å². The zero-order chi connectivity index (χ0) is 29.4. The molecule has 3 aromatic carbocycles. The van der Waals surface area contributed by atoms with Crippen molar-refractivity contribution in [2.24, 2.45) is 0 Å². The van der Waals surface area contributed by atoms with Crippen LogP contribution >= 0.6 is 11.6 Å². The van der Waals surface area contributed by atoms with E-state index in [9.17, 15) is 18.0 Å². The number of hydrogen-bond acceptors (Lipinski definition) is 4. The van der Waals surface area contributed by atoms with Crippen LogP contribution in [0.2, 0.25) is 5.02 Å². The highest BCUT2D eigenvalue weighted by molar-refractivity contribution is 7.92. The molecule has 214 valence electrons. The number of carbonyl (C=O) groups is 2. The molecule has 0 fully saturated rings. The minimum atomic E-state index is -3.81. The van der Waals surface area contributed by atoms with Crippen molar-refractivity contribution in [3.63, 3.8) is 0 Å². The molecule has 0 saturated heterocycles. The first-order valence-corrected chi connectivity index (χ1v) is 15.5. The molecule has 0 radical (unpaired) electrons. The fourth-order valence-corrected chi connectivity index (χ4v) is 5.24. The molecule has 1 N–H and O–H groups in total. The van der Waals surface area contributed by atoms with E-state index in [1.165, 1.54) is 4.90 Å². The van der Waals surface area contributed by atoms with E-state index in [4.69, 9.17) is 11.6 Å². The quantitative estimate of drug-likeness (QED) is 0.314. The van der Waals surface area contributed by atoms with E-state index in [2.05, 4.69) is 5.32 Å². The van der Waals surface area contributed by atoms with Gasteiger partial charge in [0.15, 0.2) is 0 Å². The first-order valence-electron chi connectivity index (χ1n) is 13.3. The average molecular weight is 584 g/mol. The maximum absolute atomic E-state index is 14.1. The van der Waals surface area contributed by atoms with E-state index in [1.54, 1.807) is 36.4 Å². The van der Waals surface area contributed by atoms with Crippen molar-refractivity contribution in [1.82, 2.24) is 10.2 Å². The van der Waals surface area contributed by atoms with Crippen LogP contribution in [-0.2, 0) is 32.6 Å². The number of benzene rings is 3. The summed E-state index contributed by atoms with van der Waals surface area (Å²) in [5.74, 6) is -0.781. The van der Waals surface area contributed by atoms with Gasteiger partial charge < -0.3 is 10.2 Å². The molecular weight excluding hydrogens is 546 g/mol. The molecule has 0 aromatic heterocycles. The largest absolute Gasteiger partial charge is 0.352 e. The molecule has 0 unspecified atom stereocenters. The monoisotopic (exact) mass is 583 g/mol. The SMILES string of the molecule is CC[C@@H](C)NC(=O)[C@H](Cc1ccccc1)N(Cc1ccc(Cl)cc1)C(=O)CN(c1ccc(C)c(C)c1)S(C)(=O)=O. The minimum absolute atomic E-state index is 0.0960. The molecule has 2 atom stereocenters. The maximum atomic E-state index is 14.1. The zero-order valence-electron chi connectivity index (χ0n) is 23.7. The van der Waals surface area contributed by atoms with Crippen LogP contribution < -0.4 is 9.62 Å². The van der Waals surface area contributed by atoms with Crippen molar-refractivity contribution in [2.45, 2.75) is 59.2 Å². The van der Waals surface area contributed by atoms with Gasteiger partial charge in [0.25, 0.3) is 0 Å². The Morgan fingerprint density at radius 1 is 0.925 bits per heavy atom. The number of nitrogens with one attached hydrogen (secondary N) is 1. The molecule has 7 nitrogen and oxygen atoms in total. The van der Waals surface area contributed by atoms with E-state index < -0.39 is 28.5 Å². The molecule has 0 spiro atoms. The van der Waals surface area contributed by atoms with Crippen molar-refractivity contribution < 1.29 is 18.0 Å². The molecule has 0 aliphatic rings. The van der Waals surface area contributed by atoms with Crippen LogP contribution in [0.3, 0.4) is 0 Å². The van der Waals surface area contributed by atoms with Crippen molar-refractivity contribution in [3.8, 4) is 0 Å². The standard InChI is InChI=1S/C31H38ClN3O4S/c1-6-24(4)33-31(37)29(19-25-10-8-7-9-11-25)34(20-26-13-15-27(32)16-14-26)30(36)21-35(40(5,38)39)28-17-12-22(2)23(3)18-28/h7-18,24,29H,6,19-21H2,1-5H3,(H,33,37)/t24-,29+/m1/s1. The second kappa shape index (κ2) is 13.8. The summed E-state index contributed by atoms with van der Waals surface area (Å²) in [4.78, 5) is 29.3. The molecule has 40 heavy (non-hydrogen) atoms. The van der Waals surface area contributed by atoms with Gasteiger partial charge in [-0.05, 0) is 73.7 Å². The third-order valence-corrected chi connectivity index (χ3v) is 8.39. The number of amides is 2. The average Bonchev–Trinajstić information content (AvgIpc) is 2.91. The fraction of sp³-hybridized carbons (Fsp3) is 0.355. The Bertz CT molecular complexity index is 1410. The van der Waals surface area contributed by atoms with Crippen molar-refractivity contribution in [2.75, 3.05) is 17.1 Å². The van der Waals surface area contributed by atoms with Gasteiger partial charge >= 0.3 is 0 Å². The van der Waals surface area contributed by atoms with Crippen LogP contribution in [-0.4, -0.2) is 50.0 Å². The Kier molecular flexibility index (Phi) is 10.8. The van der Waals surface area contributed by atoms with Crippen LogP contribution in [0.4, 0.5) is 5.69 Å². The Morgan fingerprint density at radius 3 is 2.15 bits per heavy atom. The lowest BCUT2D eigenvalue weighted by Gasteiger charge is -2.34. The van der Waals surface area contributed by atoms with Crippen LogP contribution in [0.5, 0.6) is 0 Å². The molecule has 0 aliphatic carbocycles. The van der Waals surface area contributed by atoms with Gasteiger partial charge in [-0.25, -0.2) is 8.42 Å². The molecule has 3 rings (SSSR count). The number of anilines is 1. The molecule has 2 amide bonds. The summed E-state index contributed by atoms with van der Waals surface area (Å²) in [5, 5.41) is 3.57. The molecule has 0 saturated carbocycles. The summed E-state index contributed by atoms with van der Waals surface area (Å²) in [6, 6.07) is 20.8. The van der Waals surface area contributed by atoms with Crippen LogP contribution in [0.1, 0.15) is 42.5 Å². The van der Waals surface area contributed by atoms with E-state index in [-0.39, 0.29) is 24.9 Å². The Balaban J connectivity index is 2.06. The van der Waals surface area contributed by atoms with Crippen LogP contribution in [0.15, 0.2) is 72.8 Å². The summed E-state index contributed by atoms with van der Waals surface area (Å²) < 4.78 is 26.9.